The second kappa shape index (κ2) is 24.1. The maximum Gasteiger partial charge on any atom is 0.324 e. The first kappa shape index (κ1) is 41.8. The maximum atomic E-state index is 10.1. The third kappa shape index (κ3) is 19.9. The molecule has 0 fully saturated rings. The van der Waals surface area contributed by atoms with E-state index in [0.29, 0.717) is 26.4 Å². The van der Waals surface area contributed by atoms with Crippen molar-refractivity contribution in [3.05, 3.63) is 0 Å². The van der Waals surface area contributed by atoms with Crippen molar-refractivity contribution in [1.29, 1.82) is 0 Å². The number of aliphatic hydroxyl groups is 3. The lowest BCUT2D eigenvalue weighted by molar-refractivity contribution is -0.431. The number of rotatable bonds is 19. The number of hydrogen-bond donors (Lipinski definition) is 9. The van der Waals surface area contributed by atoms with Crippen LogP contribution >= 0.6 is 17.2 Å². The van der Waals surface area contributed by atoms with Gasteiger partial charge in [0.15, 0.2) is 5.79 Å². The van der Waals surface area contributed by atoms with E-state index < -0.39 is 60.3 Å². The summed E-state index contributed by atoms with van der Waals surface area (Å²) in [6.45, 7) is 10.9. The minimum absolute atomic E-state index is 0.308. The van der Waals surface area contributed by atoms with Crippen LogP contribution in [0.2, 0.25) is 0 Å². The summed E-state index contributed by atoms with van der Waals surface area (Å²) >= 11 is 0. The van der Waals surface area contributed by atoms with E-state index in [4.69, 9.17) is 53.0 Å². The minimum Gasteiger partial charge on any atom is -0.396 e. The second-order valence-electron chi connectivity index (χ2n) is 8.02. The first-order valence-electron chi connectivity index (χ1n) is 12.0. The minimum atomic E-state index is -2.62. The van der Waals surface area contributed by atoms with Gasteiger partial charge in [0, 0.05) is 20.1 Å². The molecule has 0 spiro atoms. The average molecular weight is 589 g/mol. The van der Waals surface area contributed by atoms with Crippen LogP contribution in [-0.4, -0.2) is 109 Å². The van der Waals surface area contributed by atoms with Gasteiger partial charge in [0.25, 0.3) is 5.97 Å². The normalized spacial score (nSPS) is 15.8. The molecule has 0 aromatic rings. The Morgan fingerprint density at radius 1 is 0.622 bits per heavy atom. The van der Waals surface area contributed by atoms with Crippen molar-refractivity contribution in [2.24, 2.45) is 5.41 Å². The molecule has 37 heavy (non-hydrogen) atoms. The van der Waals surface area contributed by atoms with Gasteiger partial charge in [-0.25, -0.2) is 0 Å². The van der Waals surface area contributed by atoms with Crippen LogP contribution in [0.1, 0.15) is 67.2 Å². The van der Waals surface area contributed by atoms with Crippen molar-refractivity contribution in [2.45, 2.75) is 85.1 Å². The molecule has 0 aliphatic rings. The van der Waals surface area contributed by atoms with Crippen LogP contribution in [-0.2, 0) is 23.7 Å². The van der Waals surface area contributed by atoms with Crippen molar-refractivity contribution in [3.8, 4) is 0 Å². The third-order valence-corrected chi connectivity index (χ3v) is 4.90. The van der Waals surface area contributed by atoms with Crippen molar-refractivity contribution in [3.63, 3.8) is 0 Å². The molecule has 0 saturated carbocycles. The van der Waals surface area contributed by atoms with Crippen molar-refractivity contribution in [1.82, 2.24) is 0 Å². The molecule has 0 aromatic carbocycles. The van der Waals surface area contributed by atoms with Crippen LogP contribution in [0.15, 0.2) is 0 Å². The quantitative estimate of drug-likeness (QED) is 0.0578. The summed E-state index contributed by atoms with van der Waals surface area (Å²) in [6, 6.07) is 0. The zero-order chi connectivity index (χ0) is 29.5. The largest absolute Gasteiger partial charge is 0.396 e. The average Bonchev–Trinajstić information content (AvgIpc) is 2.80. The summed E-state index contributed by atoms with van der Waals surface area (Å²) in [5.41, 5.74) is -1.44. The van der Waals surface area contributed by atoms with Gasteiger partial charge in [0.2, 0.25) is 0 Å². The Labute approximate surface area is 222 Å². The monoisotopic (exact) mass is 588 g/mol. The Morgan fingerprint density at radius 3 is 1.32 bits per heavy atom. The molecule has 0 aliphatic heterocycles. The molecule has 9 N–H and O–H groups in total. The number of unbranched alkanes of at least 4 members (excludes halogenated alkanes) is 2. The molecule has 3 atom stereocenters. The van der Waals surface area contributed by atoms with E-state index in [1.165, 1.54) is 0 Å². The van der Waals surface area contributed by atoms with Crippen molar-refractivity contribution < 1.29 is 68.4 Å². The molecule has 0 amide bonds. The van der Waals surface area contributed by atoms with Gasteiger partial charge < -0.3 is 68.4 Å². The van der Waals surface area contributed by atoms with Gasteiger partial charge in [-0.2, -0.15) is 0 Å². The molecular weight excluding hydrogens is 538 g/mol. The smallest absolute Gasteiger partial charge is 0.324 e. The first-order chi connectivity index (χ1) is 17.2. The highest BCUT2D eigenvalue weighted by atomic mass is 31.2. The lowest BCUT2D eigenvalue weighted by Crippen LogP contribution is -2.62. The Bertz CT molecular complexity index is 482. The molecule has 0 rings (SSSR count). The zero-order valence-corrected chi connectivity index (χ0v) is 24.6. The molecule has 0 saturated heterocycles. The fraction of sp³-hybridized carbons (Fsp3) is 1.00. The molecule has 0 aliphatic carbocycles. The second-order valence-corrected chi connectivity index (χ2v) is 9.09. The van der Waals surface area contributed by atoms with Crippen LogP contribution < -0.4 is 0 Å². The van der Waals surface area contributed by atoms with E-state index in [0.717, 1.165) is 25.7 Å². The lowest BCUT2D eigenvalue weighted by atomic mass is 9.80. The molecule has 14 nitrogen and oxygen atoms in total. The van der Waals surface area contributed by atoms with Gasteiger partial charge in [-0.3, -0.25) is 0 Å². The van der Waals surface area contributed by atoms with E-state index in [1.54, 1.807) is 13.8 Å². The highest BCUT2D eigenvalue weighted by Gasteiger charge is 2.54. The Kier molecular flexibility index (Phi) is 27.2. The number of ether oxygens (including phenoxy) is 5. The molecule has 16 heteroatoms. The SMILES string of the molecule is CCCCOC(C)(OCC)OC(C(CO)(CO)CO)C(C)(OCC)OCCCC.OP(O)O.OP(O)O. The Morgan fingerprint density at radius 2 is 1.00 bits per heavy atom. The molecule has 228 valence electrons. The van der Waals surface area contributed by atoms with Crippen LogP contribution in [0, 0.1) is 5.41 Å². The topological polar surface area (TPSA) is 228 Å². The molecule has 0 heterocycles. The van der Waals surface area contributed by atoms with E-state index in [-0.39, 0.29) is 0 Å². The summed E-state index contributed by atoms with van der Waals surface area (Å²) in [4.78, 5) is 43.4. The highest BCUT2D eigenvalue weighted by Crippen LogP contribution is 2.38. The molecular formula is C21H50O14P2. The Hall–Kier alpha value is 0.300. The van der Waals surface area contributed by atoms with Gasteiger partial charge >= 0.3 is 17.2 Å². The summed E-state index contributed by atoms with van der Waals surface area (Å²) in [7, 11) is -5.24. The fourth-order valence-electron chi connectivity index (χ4n) is 3.07. The van der Waals surface area contributed by atoms with Crippen LogP contribution in [0.5, 0.6) is 0 Å². The maximum absolute atomic E-state index is 10.1. The van der Waals surface area contributed by atoms with E-state index in [1.807, 2.05) is 27.7 Å². The van der Waals surface area contributed by atoms with E-state index in [9.17, 15) is 15.3 Å². The number of hydrogen-bond acceptors (Lipinski definition) is 14. The predicted octanol–water partition coefficient (Wildman–Crippen LogP) is 0.812. The summed E-state index contributed by atoms with van der Waals surface area (Å²) in [5.74, 6) is -2.82. The zero-order valence-electron chi connectivity index (χ0n) is 22.8. The fourth-order valence-corrected chi connectivity index (χ4v) is 3.07. The lowest BCUT2D eigenvalue weighted by Gasteiger charge is -2.48. The van der Waals surface area contributed by atoms with Gasteiger partial charge in [0.05, 0.1) is 38.4 Å². The molecule has 0 radical (unpaired) electrons. The molecule has 3 unspecified atom stereocenters. The van der Waals surface area contributed by atoms with E-state index in [2.05, 4.69) is 0 Å². The highest BCUT2D eigenvalue weighted by molar-refractivity contribution is 7.38. The van der Waals surface area contributed by atoms with Crippen molar-refractivity contribution >= 4 is 17.2 Å². The van der Waals surface area contributed by atoms with Gasteiger partial charge in [-0.1, -0.05) is 26.7 Å². The summed E-state index contributed by atoms with van der Waals surface area (Å²) in [6.07, 6.45) is 2.41. The third-order valence-electron chi connectivity index (χ3n) is 4.90. The Balaban J connectivity index is -0.00000125. The van der Waals surface area contributed by atoms with Gasteiger partial charge in [0.1, 0.15) is 6.10 Å². The standard InChI is InChI=1S/C21H44O8.2H3O3P/c1-7-11-13-27-19(5,25-9-3)18(21(15-22,16-23)17-24)29-20(6,26-10-4)28-14-12-8-2;2*1-4(2)3/h18,22-24H,7-17H2,1-6H3;2*1-3H. The predicted molar refractivity (Wildman–Crippen MR) is 137 cm³/mol. The van der Waals surface area contributed by atoms with E-state index >= 15 is 0 Å². The van der Waals surface area contributed by atoms with Crippen LogP contribution in [0.25, 0.3) is 0 Å². The van der Waals surface area contributed by atoms with Gasteiger partial charge in [-0.05, 0) is 33.6 Å². The first-order valence-corrected chi connectivity index (χ1v) is 14.4. The van der Waals surface area contributed by atoms with Gasteiger partial charge in [-0.15, -0.1) is 0 Å². The number of aliphatic hydroxyl groups excluding tert-OH is 3. The summed E-state index contributed by atoms with van der Waals surface area (Å²) < 4.78 is 29.8. The molecule has 0 aromatic heterocycles. The summed E-state index contributed by atoms with van der Waals surface area (Å²) in [5, 5.41) is 30.3. The van der Waals surface area contributed by atoms with Crippen LogP contribution in [0.4, 0.5) is 0 Å². The molecule has 0 bridgehead atoms. The van der Waals surface area contributed by atoms with Crippen molar-refractivity contribution in [2.75, 3.05) is 46.2 Å². The van der Waals surface area contributed by atoms with Crippen LogP contribution in [0.3, 0.4) is 0 Å².